The molecule has 0 spiro atoms. The third-order valence-corrected chi connectivity index (χ3v) is 2.97. The van der Waals surface area contributed by atoms with E-state index in [2.05, 4.69) is 11.9 Å². The molecule has 1 unspecified atom stereocenters. The predicted molar refractivity (Wildman–Crippen MR) is 54.9 cm³/mol. The van der Waals surface area contributed by atoms with Crippen LogP contribution in [0.1, 0.15) is 31.9 Å². The summed E-state index contributed by atoms with van der Waals surface area (Å²) < 4.78 is 0. The van der Waals surface area contributed by atoms with E-state index in [0.717, 1.165) is 31.4 Å². The van der Waals surface area contributed by atoms with E-state index in [1.807, 2.05) is 24.4 Å². The van der Waals surface area contributed by atoms with E-state index in [-0.39, 0.29) is 5.41 Å². The van der Waals surface area contributed by atoms with Crippen LogP contribution in [0.2, 0.25) is 0 Å². The Morgan fingerprint density at radius 3 is 2.93 bits per heavy atom. The second kappa shape index (κ2) is 3.52. The lowest BCUT2D eigenvalue weighted by Gasteiger charge is -2.21. The van der Waals surface area contributed by atoms with Crippen molar-refractivity contribution in [2.24, 2.45) is 5.41 Å². The van der Waals surface area contributed by atoms with E-state index in [1.165, 1.54) is 0 Å². The third-order valence-electron chi connectivity index (χ3n) is 2.97. The van der Waals surface area contributed by atoms with Crippen molar-refractivity contribution in [3.05, 3.63) is 30.1 Å². The van der Waals surface area contributed by atoms with E-state index in [1.54, 1.807) is 0 Å². The van der Waals surface area contributed by atoms with E-state index in [4.69, 9.17) is 0 Å². The van der Waals surface area contributed by atoms with E-state index >= 15 is 0 Å². The molecule has 0 amide bonds. The molecule has 2 rings (SSSR count). The molecule has 1 aliphatic rings. The van der Waals surface area contributed by atoms with Gasteiger partial charge in [0, 0.05) is 24.7 Å². The van der Waals surface area contributed by atoms with Gasteiger partial charge in [-0.1, -0.05) is 13.0 Å². The Labute approximate surface area is 84.4 Å². The first-order valence-corrected chi connectivity index (χ1v) is 5.10. The summed E-state index contributed by atoms with van der Waals surface area (Å²) in [4.78, 5) is 15.5. The first-order chi connectivity index (χ1) is 6.68. The molecule has 2 heteroatoms. The van der Waals surface area contributed by atoms with Crippen molar-refractivity contribution >= 4 is 5.78 Å². The SMILES string of the molecule is CC1(Cc2ccccn2)CCC(=O)C1. The highest BCUT2D eigenvalue weighted by molar-refractivity contribution is 5.81. The summed E-state index contributed by atoms with van der Waals surface area (Å²) in [6, 6.07) is 5.96. The number of Topliss-reactive ketones (excluding diaryl/α,β-unsaturated/α-hetero) is 1. The zero-order valence-corrected chi connectivity index (χ0v) is 8.49. The standard InChI is InChI=1S/C12H15NO/c1-12(6-5-11(14)9-12)8-10-4-2-3-7-13-10/h2-4,7H,5-6,8-9H2,1H3. The molecule has 1 aromatic heterocycles. The van der Waals surface area contributed by atoms with Crippen molar-refractivity contribution in [2.75, 3.05) is 0 Å². The van der Waals surface area contributed by atoms with Crippen LogP contribution in [0.5, 0.6) is 0 Å². The van der Waals surface area contributed by atoms with Crippen LogP contribution in [0, 0.1) is 5.41 Å². The molecule has 14 heavy (non-hydrogen) atoms. The average molecular weight is 189 g/mol. The molecule has 1 aliphatic carbocycles. The van der Waals surface area contributed by atoms with Gasteiger partial charge in [-0.2, -0.15) is 0 Å². The molecule has 2 nitrogen and oxygen atoms in total. The number of ketones is 1. The van der Waals surface area contributed by atoms with E-state index < -0.39 is 0 Å². The zero-order valence-electron chi connectivity index (χ0n) is 8.49. The second-order valence-corrected chi connectivity index (χ2v) is 4.52. The van der Waals surface area contributed by atoms with Gasteiger partial charge in [-0.05, 0) is 30.4 Å². The fourth-order valence-corrected chi connectivity index (χ4v) is 2.18. The topological polar surface area (TPSA) is 30.0 Å². The molecule has 0 aromatic carbocycles. The smallest absolute Gasteiger partial charge is 0.133 e. The number of carbonyl (C=O) groups is 1. The molecule has 0 N–H and O–H groups in total. The van der Waals surface area contributed by atoms with Crippen molar-refractivity contribution in [3.63, 3.8) is 0 Å². The van der Waals surface area contributed by atoms with Crippen LogP contribution in [-0.4, -0.2) is 10.8 Å². The van der Waals surface area contributed by atoms with Crippen molar-refractivity contribution in [3.8, 4) is 0 Å². The van der Waals surface area contributed by atoms with Crippen LogP contribution in [0.4, 0.5) is 0 Å². The summed E-state index contributed by atoms with van der Waals surface area (Å²) >= 11 is 0. The lowest BCUT2D eigenvalue weighted by atomic mass is 9.84. The maximum atomic E-state index is 11.2. The van der Waals surface area contributed by atoms with Gasteiger partial charge < -0.3 is 0 Å². The molecule has 0 aliphatic heterocycles. The zero-order chi connectivity index (χ0) is 10.0. The van der Waals surface area contributed by atoms with Gasteiger partial charge in [0.25, 0.3) is 0 Å². The molecule has 1 aromatic rings. The Morgan fingerprint density at radius 1 is 1.50 bits per heavy atom. The monoisotopic (exact) mass is 189 g/mol. The summed E-state index contributed by atoms with van der Waals surface area (Å²) in [6.45, 7) is 2.19. The quantitative estimate of drug-likeness (QED) is 0.715. The number of rotatable bonds is 2. The Balaban J connectivity index is 2.08. The predicted octanol–water partition coefficient (Wildman–Crippen LogP) is 2.38. The van der Waals surface area contributed by atoms with Crippen LogP contribution < -0.4 is 0 Å². The first-order valence-electron chi connectivity index (χ1n) is 5.10. The minimum atomic E-state index is 0.158. The van der Waals surface area contributed by atoms with Gasteiger partial charge in [-0.3, -0.25) is 9.78 Å². The molecule has 1 heterocycles. The van der Waals surface area contributed by atoms with E-state index in [0.29, 0.717) is 5.78 Å². The molecule has 0 radical (unpaired) electrons. The van der Waals surface area contributed by atoms with Gasteiger partial charge in [0.15, 0.2) is 0 Å². The van der Waals surface area contributed by atoms with Crippen LogP contribution in [-0.2, 0) is 11.2 Å². The Morgan fingerprint density at radius 2 is 2.36 bits per heavy atom. The van der Waals surface area contributed by atoms with Gasteiger partial charge in [-0.25, -0.2) is 0 Å². The fourth-order valence-electron chi connectivity index (χ4n) is 2.18. The second-order valence-electron chi connectivity index (χ2n) is 4.52. The molecule has 0 bridgehead atoms. The number of pyridine rings is 1. The highest BCUT2D eigenvalue weighted by Crippen LogP contribution is 2.37. The molecule has 1 fully saturated rings. The minimum absolute atomic E-state index is 0.158. The average Bonchev–Trinajstić information content (AvgIpc) is 2.47. The maximum Gasteiger partial charge on any atom is 0.133 e. The third kappa shape index (κ3) is 2.00. The number of hydrogen-bond donors (Lipinski definition) is 0. The number of nitrogens with zero attached hydrogens (tertiary/aromatic N) is 1. The van der Waals surface area contributed by atoms with Gasteiger partial charge in [0.2, 0.25) is 0 Å². The van der Waals surface area contributed by atoms with Gasteiger partial charge >= 0.3 is 0 Å². The lowest BCUT2D eigenvalue weighted by Crippen LogP contribution is -2.16. The Hall–Kier alpha value is -1.18. The molecule has 74 valence electrons. The summed E-state index contributed by atoms with van der Waals surface area (Å²) in [6.07, 6.45) is 5.24. The van der Waals surface area contributed by atoms with Crippen LogP contribution in [0.3, 0.4) is 0 Å². The maximum absolute atomic E-state index is 11.2. The largest absolute Gasteiger partial charge is 0.300 e. The molecule has 1 atom stereocenters. The minimum Gasteiger partial charge on any atom is -0.300 e. The summed E-state index contributed by atoms with van der Waals surface area (Å²) in [7, 11) is 0. The highest BCUT2D eigenvalue weighted by atomic mass is 16.1. The van der Waals surface area contributed by atoms with Crippen LogP contribution in [0.25, 0.3) is 0 Å². The van der Waals surface area contributed by atoms with Crippen LogP contribution in [0.15, 0.2) is 24.4 Å². The van der Waals surface area contributed by atoms with E-state index in [9.17, 15) is 4.79 Å². The van der Waals surface area contributed by atoms with Crippen molar-refractivity contribution < 1.29 is 4.79 Å². The van der Waals surface area contributed by atoms with Crippen LogP contribution >= 0.6 is 0 Å². The first kappa shape index (κ1) is 9.38. The molecule has 1 saturated carbocycles. The summed E-state index contributed by atoms with van der Waals surface area (Å²) in [5.74, 6) is 0.406. The molecular formula is C12H15NO. The number of hydrogen-bond acceptors (Lipinski definition) is 2. The van der Waals surface area contributed by atoms with Crippen molar-refractivity contribution in [1.29, 1.82) is 0 Å². The molecular weight excluding hydrogens is 174 g/mol. The summed E-state index contributed by atoms with van der Waals surface area (Å²) in [5, 5.41) is 0. The van der Waals surface area contributed by atoms with Gasteiger partial charge in [0.05, 0.1) is 0 Å². The number of carbonyl (C=O) groups excluding carboxylic acids is 1. The Kier molecular flexibility index (Phi) is 2.36. The summed E-state index contributed by atoms with van der Waals surface area (Å²) in [5.41, 5.74) is 1.26. The number of aromatic nitrogens is 1. The van der Waals surface area contributed by atoms with Gasteiger partial charge in [0.1, 0.15) is 5.78 Å². The highest BCUT2D eigenvalue weighted by Gasteiger charge is 2.34. The Bertz CT molecular complexity index is 333. The van der Waals surface area contributed by atoms with Crippen molar-refractivity contribution in [2.45, 2.75) is 32.6 Å². The van der Waals surface area contributed by atoms with Crippen molar-refractivity contribution in [1.82, 2.24) is 4.98 Å². The lowest BCUT2D eigenvalue weighted by molar-refractivity contribution is -0.117. The van der Waals surface area contributed by atoms with Gasteiger partial charge in [-0.15, -0.1) is 0 Å². The fraction of sp³-hybridized carbons (Fsp3) is 0.500. The molecule has 0 saturated heterocycles. The normalized spacial score (nSPS) is 26.8.